The lowest BCUT2D eigenvalue weighted by molar-refractivity contribution is -0.143. The molecule has 1 rings (SSSR count). The van der Waals surface area contributed by atoms with Crippen LogP contribution in [-0.4, -0.2) is 41.0 Å². The summed E-state index contributed by atoms with van der Waals surface area (Å²) in [7, 11) is 0. The summed E-state index contributed by atoms with van der Waals surface area (Å²) in [4.78, 5) is 26.0. The number of benzene rings is 1. The molecule has 0 heterocycles. The number of carbonyl (C=O) groups is 2. The molecule has 1 atom stereocenters. The highest BCUT2D eigenvalue weighted by molar-refractivity contribution is 6.30. The molecule has 0 aliphatic rings. The summed E-state index contributed by atoms with van der Waals surface area (Å²) >= 11 is 5.86. The second-order valence-corrected chi connectivity index (χ2v) is 5.87. The molecule has 0 aliphatic heterocycles. The fourth-order valence-corrected chi connectivity index (χ4v) is 2.12. The van der Waals surface area contributed by atoms with Crippen LogP contribution in [-0.2, 0) is 16.1 Å². The number of hydrogen-bond donors (Lipinski definition) is 2. The average molecular weight is 327 g/mol. The van der Waals surface area contributed by atoms with E-state index in [1.807, 2.05) is 12.1 Å². The standard InChI is InChI=1S/C16H23ClN2O3/c1-11(2)16(22)19(12(3)15(21)18-8-9-20)10-13-4-6-14(17)7-5-13/h4-7,11-12,20H,8-10H2,1-3H3,(H,18,21)/t12-/m1/s1. The van der Waals surface area contributed by atoms with Crippen LogP contribution in [0.15, 0.2) is 24.3 Å². The first-order valence-corrected chi connectivity index (χ1v) is 7.68. The molecule has 0 aliphatic carbocycles. The lowest BCUT2D eigenvalue weighted by Gasteiger charge is -2.30. The fourth-order valence-electron chi connectivity index (χ4n) is 1.99. The Morgan fingerprint density at radius 3 is 2.32 bits per heavy atom. The fraction of sp³-hybridized carbons (Fsp3) is 0.500. The van der Waals surface area contributed by atoms with Crippen molar-refractivity contribution in [2.24, 2.45) is 5.92 Å². The molecule has 0 radical (unpaired) electrons. The minimum Gasteiger partial charge on any atom is -0.395 e. The summed E-state index contributed by atoms with van der Waals surface area (Å²) in [5.74, 6) is -0.584. The smallest absolute Gasteiger partial charge is 0.242 e. The van der Waals surface area contributed by atoms with Crippen molar-refractivity contribution in [3.05, 3.63) is 34.9 Å². The molecule has 0 saturated carbocycles. The number of amides is 2. The summed E-state index contributed by atoms with van der Waals surface area (Å²) in [5.41, 5.74) is 0.903. The maximum atomic E-state index is 12.4. The van der Waals surface area contributed by atoms with Crippen molar-refractivity contribution in [2.75, 3.05) is 13.2 Å². The van der Waals surface area contributed by atoms with Gasteiger partial charge in [-0.25, -0.2) is 0 Å². The van der Waals surface area contributed by atoms with E-state index in [1.165, 1.54) is 0 Å². The first-order chi connectivity index (χ1) is 10.4. The topological polar surface area (TPSA) is 69.6 Å². The highest BCUT2D eigenvalue weighted by atomic mass is 35.5. The molecule has 0 fully saturated rings. The molecule has 122 valence electrons. The van der Waals surface area contributed by atoms with Crippen molar-refractivity contribution in [1.82, 2.24) is 10.2 Å². The third kappa shape index (κ3) is 5.31. The van der Waals surface area contributed by atoms with E-state index in [0.717, 1.165) is 5.56 Å². The van der Waals surface area contributed by atoms with Crippen LogP contribution in [0.1, 0.15) is 26.3 Å². The quantitative estimate of drug-likeness (QED) is 0.803. The molecule has 2 N–H and O–H groups in total. The lowest BCUT2D eigenvalue weighted by atomic mass is 10.1. The first-order valence-electron chi connectivity index (χ1n) is 7.30. The number of aliphatic hydroxyl groups excluding tert-OH is 1. The van der Waals surface area contributed by atoms with Gasteiger partial charge < -0.3 is 15.3 Å². The van der Waals surface area contributed by atoms with Gasteiger partial charge in [-0.05, 0) is 24.6 Å². The SMILES string of the molecule is CC(C)C(=O)N(Cc1ccc(Cl)cc1)[C@H](C)C(=O)NCCO. The molecule has 1 aromatic rings. The van der Waals surface area contributed by atoms with Crippen molar-refractivity contribution in [3.63, 3.8) is 0 Å². The maximum Gasteiger partial charge on any atom is 0.242 e. The molecule has 0 saturated heterocycles. The monoisotopic (exact) mass is 326 g/mol. The van der Waals surface area contributed by atoms with Gasteiger partial charge in [0.15, 0.2) is 0 Å². The minimum atomic E-state index is -0.614. The van der Waals surface area contributed by atoms with Gasteiger partial charge in [0.05, 0.1) is 6.61 Å². The van der Waals surface area contributed by atoms with E-state index in [4.69, 9.17) is 16.7 Å². The zero-order valence-corrected chi connectivity index (χ0v) is 13.9. The Morgan fingerprint density at radius 1 is 1.23 bits per heavy atom. The van der Waals surface area contributed by atoms with Crippen LogP contribution in [0.2, 0.25) is 5.02 Å². The zero-order valence-electron chi connectivity index (χ0n) is 13.2. The zero-order chi connectivity index (χ0) is 16.7. The van der Waals surface area contributed by atoms with Crippen molar-refractivity contribution in [2.45, 2.75) is 33.4 Å². The van der Waals surface area contributed by atoms with Crippen LogP contribution in [0, 0.1) is 5.92 Å². The van der Waals surface area contributed by atoms with Crippen molar-refractivity contribution >= 4 is 23.4 Å². The van der Waals surface area contributed by atoms with Crippen LogP contribution in [0.25, 0.3) is 0 Å². The van der Waals surface area contributed by atoms with E-state index in [9.17, 15) is 9.59 Å². The summed E-state index contributed by atoms with van der Waals surface area (Å²) < 4.78 is 0. The number of carbonyl (C=O) groups excluding carboxylic acids is 2. The van der Waals surface area contributed by atoms with Crippen molar-refractivity contribution in [3.8, 4) is 0 Å². The Bertz CT molecular complexity index is 503. The van der Waals surface area contributed by atoms with Crippen LogP contribution < -0.4 is 5.32 Å². The second-order valence-electron chi connectivity index (χ2n) is 5.44. The lowest BCUT2D eigenvalue weighted by Crippen LogP contribution is -2.49. The molecule has 5 nitrogen and oxygen atoms in total. The third-order valence-electron chi connectivity index (χ3n) is 3.30. The number of rotatable bonds is 7. The highest BCUT2D eigenvalue weighted by Gasteiger charge is 2.27. The van der Waals surface area contributed by atoms with E-state index in [1.54, 1.807) is 37.8 Å². The Hall–Kier alpha value is -1.59. The number of hydrogen-bond acceptors (Lipinski definition) is 3. The molecular weight excluding hydrogens is 304 g/mol. The first kappa shape index (κ1) is 18.5. The van der Waals surface area contributed by atoms with Gasteiger partial charge in [-0.2, -0.15) is 0 Å². The maximum absolute atomic E-state index is 12.4. The highest BCUT2D eigenvalue weighted by Crippen LogP contribution is 2.15. The predicted molar refractivity (Wildman–Crippen MR) is 86.4 cm³/mol. The molecule has 22 heavy (non-hydrogen) atoms. The van der Waals surface area contributed by atoms with Crippen LogP contribution in [0.4, 0.5) is 0 Å². The van der Waals surface area contributed by atoms with Crippen LogP contribution >= 0.6 is 11.6 Å². The summed E-state index contributed by atoms with van der Waals surface area (Å²) in [6.07, 6.45) is 0. The summed E-state index contributed by atoms with van der Waals surface area (Å²) in [5, 5.41) is 12.0. The van der Waals surface area contributed by atoms with E-state index in [0.29, 0.717) is 11.6 Å². The van der Waals surface area contributed by atoms with Gasteiger partial charge in [-0.1, -0.05) is 37.6 Å². The molecular formula is C16H23ClN2O3. The second kappa shape index (κ2) is 8.76. The van der Waals surface area contributed by atoms with Crippen molar-refractivity contribution in [1.29, 1.82) is 0 Å². The van der Waals surface area contributed by atoms with E-state index >= 15 is 0 Å². The van der Waals surface area contributed by atoms with Gasteiger partial charge >= 0.3 is 0 Å². The number of nitrogens with one attached hydrogen (secondary N) is 1. The van der Waals surface area contributed by atoms with Gasteiger partial charge in [-0.3, -0.25) is 9.59 Å². The predicted octanol–water partition coefficient (Wildman–Crippen LogP) is 1.82. The molecule has 0 spiro atoms. The van der Waals surface area contributed by atoms with E-state index in [-0.39, 0.29) is 30.9 Å². The van der Waals surface area contributed by atoms with E-state index in [2.05, 4.69) is 5.32 Å². The number of halogens is 1. The number of nitrogens with zero attached hydrogens (tertiary/aromatic N) is 1. The summed E-state index contributed by atoms with van der Waals surface area (Å²) in [6, 6.07) is 6.57. The average Bonchev–Trinajstić information content (AvgIpc) is 2.50. The van der Waals surface area contributed by atoms with Crippen LogP contribution in [0.3, 0.4) is 0 Å². The van der Waals surface area contributed by atoms with Gasteiger partial charge in [0.2, 0.25) is 11.8 Å². The summed E-state index contributed by atoms with van der Waals surface area (Å²) in [6.45, 7) is 5.66. The Labute approximate surface area is 136 Å². The molecule has 0 bridgehead atoms. The van der Waals surface area contributed by atoms with Gasteiger partial charge in [-0.15, -0.1) is 0 Å². The Balaban J connectivity index is 2.90. The minimum absolute atomic E-state index is 0.0957. The molecule has 6 heteroatoms. The molecule has 1 aromatic carbocycles. The Kier molecular flexibility index (Phi) is 7.35. The van der Waals surface area contributed by atoms with Gasteiger partial charge in [0.1, 0.15) is 6.04 Å². The van der Waals surface area contributed by atoms with Gasteiger partial charge in [0.25, 0.3) is 0 Å². The third-order valence-corrected chi connectivity index (χ3v) is 3.55. The largest absolute Gasteiger partial charge is 0.395 e. The molecule has 0 unspecified atom stereocenters. The molecule has 2 amide bonds. The normalized spacial score (nSPS) is 12.1. The number of aliphatic hydroxyl groups is 1. The molecule has 0 aromatic heterocycles. The van der Waals surface area contributed by atoms with Crippen LogP contribution in [0.5, 0.6) is 0 Å². The Morgan fingerprint density at radius 2 is 1.82 bits per heavy atom. The van der Waals surface area contributed by atoms with Crippen molar-refractivity contribution < 1.29 is 14.7 Å². The van der Waals surface area contributed by atoms with E-state index < -0.39 is 6.04 Å². The van der Waals surface area contributed by atoms with Gasteiger partial charge in [0, 0.05) is 24.0 Å².